The van der Waals surface area contributed by atoms with Crippen LogP contribution in [0, 0.1) is 5.82 Å². The van der Waals surface area contributed by atoms with Gasteiger partial charge in [0.2, 0.25) is 0 Å². The van der Waals surface area contributed by atoms with Crippen LogP contribution in [0.2, 0.25) is 5.02 Å². The van der Waals surface area contributed by atoms with E-state index < -0.39 is 5.82 Å². The molecule has 1 aromatic carbocycles. The van der Waals surface area contributed by atoms with Gasteiger partial charge in [-0.2, -0.15) is 0 Å². The van der Waals surface area contributed by atoms with Crippen LogP contribution >= 0.6 is 11.6 Å². The summed E-state index contributed by atoms with van der Waals surface area (Å²) in [5, 5.41) is 0.148. The van der Waals surface area contributed by atoms with E-state index in [0.717, 1.165) is 6.07 Å². The molecule has 0 spiro atoms. The van der Waals surface area contributed by atoms with Crippen molar-refractivity contribution < 1.29 is 13.9 Å². The Morgan fingerprint density at radius 2 is 2.19 bits per heavy atom. The normalized spacial score (nSPS) is 10.8. The highest BCUT2D eigenvalue weighted by molar-refractivity contribution is 6.33. The molecular weight excluding hydrogens is 231 g/mol. The summed E-state index contributed by atoms with van der Waals surface area (Å²) in [6, 6.07) is 3.76. The van der Waals surface area contributed by atoms with Crippen LogP contribution < -0.4 is 0 Å². The maximum absolute atomic E-state index is 12.7. The molecule has 0 saturated carbocycles. The number of benzene rings is 1. The van der Waals surface area contributed by atoms with Gasteiger partial charge in [-0.1, -0.05) is 11.6 Å². The van der Waals surface area contributed by atoms with Crippen LogP contribution in [-0.2, 0) is 4.74 Å². The van der Waals surface area contributed by atoms with Crippen molar-refractivity contribution >= 4 is 17.4 Å². The standard InChI is InChI=1S/C12H14ClFO2/c1-8(2)16-6-5-12(15)10-4-3-9(14)7-11(10)13/h3-4,7-8H,5-6H2,1-2H3. The fourth-order valence-corrected chi connectivity index (χ4v) is 1.51. The number of ether oxygens (including phenoxy) is 1. The summed E-state index contributed by atoms with van der Waals surface area (Å²) in [6.07, 6.45) is 0.347. The van der Waals surface area contributed by atoms with Gasteiger partial charge >= 0.3 is 0 Å². The highest BCUT2D eigenvalue weighted by Gasteiger charge is 2.11. The number of hydrogen-bond donors (Lipinski definition) is 0. The van der Waals surface area contributed by atoms with E-state index in [0.29, 0.717) is 12.2 Å². The Labute approximate surface area is 99.4 Å². The Kier molecular flexibility index (Phi) is 4.90. The number of carbonyl (C=O) groups excluding carboxylic acids is 1. The summed E-state index contributed by atoms with van der Waals surface area (Å²) in [4.78, 5) is 11.7. The molecule has 0 aliphatic rings. The van der Waals surface area contributed by atoms with Crippen molar-refractivity contribution in [2.24, 2.45) is 0 Å². The Morgan fingerprint density at radius 3 is 2.75 bits per heavy atom. The molecule has 1 aromatic rings. The summed E-state index contributed by atoms with van der Waals surface area (Å²) in [7, 11) is 0. The van der Waals surface area contributed by atoms with Crippen LogP contribution in [0.25, 0.3) is 0 Å². The molecular formula is C12H14ClFO2. The first-order valence-corrected chi connectivity index (χ1v) is 5.48. The van der Waals surface area contributed by atoms with E-state index >= 15 is 0 Å². The first-order valence-electron chi connectivity index (χ1n) is 5.10. The lowest BCUT2D eigenvalue weighted by Gasteiger charge is -2.07. The molecule has 0 amide bonds. The van der Waals surface area contributed by atoms with Gasteiger partial charge in [-0.25, -0.2) is 4.39 Å². The fourth-order valence-electron chi connectivity index (χ4n) is 1.24. The molecule has 4 heteroatoms. The number of Topliss-reactive ketones (excluding diaryl/α,β-unsaturated/α-hetero) is 1. The van der Waals surface area contributed by atoms with Gasteiger partial charge in [0.1, 0.15) is 5.82 Å². The van der Waals surface area contributed by atoms with Gasteiger partial charge in [0.05, 0.1) is 17.7 Å². The minimum atomic E-state index is -0.444. The molecule has 0 fully saturated rings. The lowest BCUT2D eigenvalue weighted by molar-refractivity contribution is 0.0678. The molecule has 16 heavy (non-hydrogen) atoms. The van der Waals surface area contributed by atoms with E-state index in [4.69, 9.17) is 16.3 Å². The molecule has 0 atom stereocenters. The van der Waals surface area contributed by atoms with Crippen molar-refractivity contribution in [3.63, 3.8) is 0 Å². The van der Waals surface area contributed by atoms with E-state index in [1.807, 2.05) is 13.8 Å². The molecule has 0 aliphatic carbocycles. The maximum Gasteiger partial charge on any atom is 0.166 e. The van der Waals surface area contributed by atoms with Gasteiger partial charge in [0.25, 0.3) is 0 Å². The summed E-state index contributed by atoms with van der Waals surface area (Å²) in [5.41, 5.74) is 0.343. The largest absolute Gasteiger partial charge is 0.378 e. The van der Waals surface area contributed by atoms with Crippen LogP contribution in [0.15, 0.2) is 18.2 Å². The number of ketones is 1. The second kappa shape index (κ2) is 5.97. The molecule has 2 nitrogen and oxygen atoms in total. The van der Waals surface area contributed by atoms with Crippen molar-refractivity contribution in [2.75, 3.05) is 6.61 Å². The lowest BCUT2D eigenvalue weighted by Crippen LogP contribution is -2.09. The topological polar surface area (TPSA) is 26.3 Å². The van der Waals surface area contributed by atoms with Crippen molar-refractivity contribution in [1.82, 2.24) is 0 Å². The molecule has 0 radical (unpaired) electrons. The first kappa shape index (κ1) is 13.1. The van der Waals surface area contributed by atoms with Gasteiger partial charge in [0, 0.05) is 12.0 Å². The average molecular weight is 245 g/mol. The van der Waals surface area contributed by atoms with E-state index in [9.17, 15) is 9.18 Å². The highest BCUT2D eigenvalue weighted by Crippen LogP contribution is 2.18. The summed E-state index contributed by atoms with van der Waals surface area (Å²) in [6.45, 7) is 4.15. The highest BCUT2D eigenvalue weighted by atomic mass is 35.5. The number of rotatable bonds is 5. The molecule has 0 heterocycles. The van der Waals surface area contributed by atoms with Crippen molar-refractivity contribution in [3.05, 3.63) is 34.6 Å². The van der Waals surface area contributed by atoms with Gasteiger partial charge in [0.15, 0.2) is 5.78 Å². The van der Waals surface area contributed by atoms with Gasteiger partial charge in [-0.15, -0.1) is 0 Å². The summed E-state index contributed by atoms with van der Waals surface area (Å²) >= 11 is 5.76. The molecule has 0 N–H and O–H groups in total. The molecule has 0 saturated heterocycles. The van der Waals surface area contributed by atoms with Crippen LogP contribution in [0.4, 0.5) is 4.39 Å². The Bertz CT molecular complexity index is 377. The first-order chi connectivity index (χ1) is 7.50. The zero-order valence-electron chi connectivity index (χ0n) is 9.30. The van der Waals surface area contributed by atoms with Crippen molar-refractivity contribution in [2.45, 2.75) is 26.4 Å². The molecule has 1 rings (SSSR count). The monoisotopic (exact) mass is 244 g/mol. The van der Waals surface area contributed by atoms with E-state index in [1.165, 1.54) is 12.1 Å². The van der Waals surface area contributed by atoms with E-state index in [-0.39, 0.29) is 23.3 Å². The van der Waals surface area contributed by atoms with E-state index in [2.05, 4.69) is 0 Å². The molecule has 88 valence electrons. The summed E-state index contributed by atoms with van der Waals surface area (Å²) in [5.74, 6) is -0.578. The molecule has 0 aromatic heterocycles. The van der Waals surface area contributed by atoms with E-state index in [1.54, 1.807) is 0 Å². The molecule has 0 aliphatic heterocycles. The third-order valence-corrected chi connectivity index (χ3v) is 2.32. The summed E-state index contributed by atoms with van der Waals surface area (Å²) < 4.78 is 18.0. The third kappa shape index (κ3) is 3.91. The van der Waals surface area contributed by atoms with Crippen molar-refractivity contribution in [1.29, 1.82) is 0 Å². The Hall–Kier alpha value is -0.930. The average Bonchev–Trinajstić information content (AvgIpc) is 2.16. The van der Waals surface area contributed by atoms with Crippen LogP contribution in [0.5, 0.6) is 0 Å². The lowest BCUT2D eigenvalue weighted by atomic mass is 10.1. The smallest absolute Gasteiger partial charge is 0.166 e. The second-order valence-electron chi connectivity index (χ2n) is 3.72. The predicted molar refractivity (Wildman–Crippen MR) is 61.4 cm³/mol. The van der Waals surface area contributed by atoms with Crippen LogP contribution in [-0.4, -0.2) is 18.5 Å². The third-order valence-electron chi connectivity index (χ3n) is 2.01. The minimum absolute atomic E-state index is 0.0940. The predicted octanol–water partition coefficient (Wildman–Crippen LogP) is 3.48. The zero-order chi connectivity index (χ0) is 12.1. The van der Waals surface area contributed by atoms with Crippen molar-refractivity contribution in [3.8, 4) is 0 Å². The SMILES string of the molecule is CC(C)OCCC(=O)c1ccc(F)cc1Cl. The zero-order valence-corrected chi connectivity index (χ0v) is 10.1. The molecule has 0 unspecified atom stereocenters. The van der Waals surface area contributed by atoms with Gasteiger partial charge in [-0.3, -0.25) is 4.79 Å². The van der Waals surface area contributed by atoms with Gasteiger partial charge < -0.3 is 4.74 Å². The number of halogens is 2. The van der Waals surface area contributed by atoms with Crippen LogP contribution in [0.3, 0.4) is 0 Å². The Balaban J connectivity index is 2.59. The second-order valence-corrected chi connectivity index (χ2v) is 4.12. The Morgan fingerprint density at radius 1 is 1.50 bits per heavy atom. The molecule has 0 bridgehead atoms. The van der Waals surface area contributed by atoms with Crippen LogP contribution in [0.1, 0.15) is 30.6 Å². The fraction of sp³-hybridized carbons (Fsp3) is 0.417. The number of hydrogen-bond acceptors (Lipinski definition) is 2. The maximum atomic E-state index is 12.7. The minimum Gasteiger partial charge on any atom is -0.378 e. The number of carbonyl (C=O) groups is 1. The van der Waals surface area contributed by atoms with Gasteiger partial charge in [-0.05, 0) is 32.0 Å². The quantitative estimate of drug-likeness (QED) is 0.742.